The van der Waals surface area contributed by atoms with Crippen molar-refractivity contribution in [3.63, 3.8) is 0 Å². The highest BCUT2D eigenvalue weighted by molar-refractivity contribution is 7.78. The van der Waals surface area contributed by atoms with E-state index in [-0.39, 0.29) is 12.3 Å². The molecule has 4 aliphatic rings. The Balaban J connectivity index is 2.29. The first-order chi connectivity index (χ1) is 14.9. The van der Waals surface area contributed by atoms with Crippen molar-refractivity contribution in [3.05, 3.63) is 32.9 Å². The fourth-order valence-electron chi connectivity index (χ4n) is 6.70. The standard InChI is InChI=1S/C22H20Cl2N4O2P2/c1-5-31(29)15-7-14(23)12(3)16(31)18-19-20(8-25,9-26)21(10-27,11-28)22(19,24)13(4)17(15)32(18,30)6-2/h7,15,18-19H,5-6H2,1-4H3/t15-,18-,19-,22+,31?,32?/m0/s1. The number of nitrogens with zero attached hydrogens (tertiary/aromatic N) is 4. The predicted molar refractivity (Wildman–Crippen MR) is 123 cm³/mol. The third-order valence-corrected chi connectivity index (χ3v) is 17.3. The van der Waals surface area contributed by atoms with Gasteiger partial charge in [-0.3, -0.25) is 0 Å². The first-order valence-corrected chi connectivity index (χ1v) is 14.9. The van der Waals surface area contributed by atoms with E-state index in [9.17, 15) is 30.2 Å². The molecule has 2 fully saturated rings. The number of fused-ring (bicyclic) bond motifs is 8. The summed E-state index contributed by atoms with van der Waals surface area (Å²) in [4.78, 5) is -1.70. The van der Waals surface area contributed by atoms with E-state index in [2.05, 4.69) is 0 Å². The van der Waals surface area contributed by atoms with Crippen LogP contribution in [-0.2, 0) is 9.13 Å². The van der Waals surface area contributed by atoms with Gasteiger partial charge < -0.3 is 9.13 Å². The Bertz CT molecular complexity index is 1320. The average molecular weight is 505 g/mol. The molecule has 0 amide bonds. The van der Waals surface area contributed by atoms with E-state index in [1.807, 2.05) is 24.3 Å². The molecule has 0 aromatic rings. The number of nitriles is 4. The lowest BCUT2D eigenvalue weighted by molar-refractivity contribution is -0.0104. The molecule has 0 radical (unpaired) electrons. The Labute approximate surface area is 197 Å². The maximum Gasteiger partial charge on any atom is 0.198 e. The van der Waals surface area contributed by atoms with E-state index in [0.717, 1.165) is 0 Å². The number of rotatable bonds is 2. The van der Waals surface area contributed by atoms with Crippen LogP contribution in [0.25, 0.3) is 0 Å². The molecular weight excluding hydrogens is 485 g/mol. The number of hydrogen-bond acceptors (Lipinski definition) is 6. The van der Waals surface area contributed by atoms with E-state index >= 15 is 0 Å². The van der Waals surface area contributed by atoms with Gasteiger partial charge >= 0.3 is 0 Å². The molecule has 0 spiro atoms. The first-order valence-electron chi connectivity index (χ1n) is 10.3. The van der Waals surface area contributed by atoms with Crippen LogP contribution in [0.15, 0.2) is 32.9 Å². The monoisotopic (exact) mass is 504 g/mol. The molecular formula is C22H20Cl2N4O2P2. The summed E-state index contributed by atoms with van der Waals surface area (Å²) in [6.07, 6.45) is 2.18. The molecule has 2 unspecified atom stereocenters. The van der Waals surface area contributed by atoms with Crippen LogP contribution in [0.4, 0.5) is 0 Å². The number of alkyl halides is 1. The third kappa shape index (κ3) is 1.93. The fourth-order valence-corrected chi connectivity index (χ4v) is 17.3. The number of allylic oxidation sites excluding steroid dienone is 6. The lowest BCUT2D eigenvalue weighted by atomic mass is 9.36. The minimum atomic E-state index is -3.33. The summed E-state index contributed by atoms with van der Waals surface area (Å²) in [5, 5.41) is 41.8. The molecule has 1 saturated carbocycles. The van der Waals surface area contributed by atoms with Gasteiger partial charge in [-0.1, -0.05) is 31.5 Å². The van der Waals surface area contributed by atoms with Crippen molar-refractivity contribution >= 4 is 37.5 Å². The van der Waals surface area contributed by atoms with Crippen LogP contribution < -0.4 is 0 Å². The summed E-state index contributed by atoms with van der Waals surface area (Å²) < 4.78 is 29.2. The SMILES string of the molecule is CCP1(=O)C2=C(C)C(Cl)=C[C@H]1C1=C(C)[C@@]3(Cl)[C@@H]([C@H]2P1(=O)CC)C(C#N)(C#N)C3(C#N)C#N. The van der Waals surface area contributed by atoms with E-state index < -0.39 is 47.2 Å². The van der Waals surface area contributed by atoms with Crippen LogP contribution in [-0.4, -0.2) is 28.5 Å². The van der Waals surface area contributed by atoms with Gasteiger partial charge in [-0.2, -0.15) is 21.0 Å². The van der Waals surface area contributed by atoms with Crippen LogP contribution in [0.5, 0.6) is 0 Å². The second kappa shape index (κ2) is 6.64. The van der Waals surface area contributed by atoms with Gasteiger partial charge in [-0.05, 0) is 25.0 Å². The van der Waals surface area contributed by atoms with Crippen LogP contribution in [0, 0.1) is 62.1 Å². The maximum absolute atomic E-state index is 14.7. The molecule has 6 nitrogen and oxygen atoms in total. The highest BCUT2D eigenvalue weighted by Gasteiger charge is 2.89. The average Bonchev–Trinajstić information content (AvgIpc) is 2.78. The van der Waals surface area contributed by atoms with Gasteiger partial charge in [0.2, 0.25) is 0 Å². The van der Waals surface area contributed by atoms with E-state index in [0.29, 0.717) is 26.8 Å². The van der Waals surface area contributed by atoms with Crippen molar-refractivity contribution in [2.75, 3.05) is 12.3 Å². The smallest absolute Gasteiger partial charge is 0.198 e. The molecule has 4 rings (SSSR count). The van der Waals surface area contributed by atoms with Crippen molar-refractivity contribution in [1.29, 1.82) is 21.0 Å². The Morgan fingerprint density at radius 3 is 1.94 bits per heavy atom. The quantitative estimate of drug-likeness (QED) is 0.341. The Kier molecular flexibility index (Phi) is 4.85. The van der Waals surface area contributed by atoms with E-state index in [1.54, 1.807) is 33.8 Å². The zero-order valence-corrected chi connectivity index (χ0v) is 21.3. The molecule has 1 aliphatic carbocycles. The van der Waals surface area contributed by atoms with Gasteiger partial charge in [0.05, 0.1) is 35.6 Å². The number of hydrogen-bond donors (Lipinski definition) is 0. The second-order valence-electron chi connectivity index (χ2n) is 8.84. The molecule has 4 bridgehead atoms. The van der Waals surface area contributed by atoms with Gasteiger partial charge in [0, 0.05) is 33.9 Å². The highest BCUT2D eigenvalue weighted by Crippen LogP contribution is 2.90. The molecule has 32 heavy (non-hydrogen) atoms. The Hall–Kier alpha value is -1.78. The lowest BCUT2D eigenvalue weighted by Gasteiger charge is -2.69. The van der Waals surface area contributed by atoms with Crippen LogP contribution in [0.1, 0.15) is 27.7 Å². The van der Waals surface area contributed by atoms with Gasteiger partial charge in [-0.25, -0.2) is 0 Å². The van der Waals surface area contributed by atoms with Gasteiger partial charge in [0.25, 0.3) is 0 Å². The molecule has 0 N–H and O–H groups in total. The van der Waals surface area contributed by atoms with Crippen molar-refractivity contribution < 1.29 is 9.13 Å². The zero-order chi connectivity index (χ0) is 24.1. The van der Waals surface area contributed by atoms with Crippen molar-refractivity contribution in [2.45, 2.75) is 43.9 Å². The summed E-state index contributed by atoms with van der Waals surface area (Å²) in [6.45, 7) is 6.88. The summed E-state index contributed by atoms with van der Waals surface area (Å²) in [7, 11) is -6.49. The normalized spacial score (nSPS) is 42.3. The first kappa shape index (κ1) is 23.4. The number of halogens is 2. The molecule has 3 heterocycles. The maximum atomic E-state index is 14.7. The van der Waals surface area contributed by atoms with Gasteiger partial charge in [0.15, 0.2) is 10.8 Å². The van der Waals surface area contributed by atoms with Gasteiger partial charge in [-0.15, -0.1) is 11.6 Å². The molecule has 10 heteroatoms. The predicted octanol–water partition coefficient (Wildman–Crippen LogP) is 5.88. The molecule has 0 aromatic carbocycles. The molecule has 1 saturated heterocycles. The largest absolute Gasteiger partial charge is 0.318 e. The minimum absolute atomic E-state index is 0.218. The zero-order valence-electron chi connectivity index (χ0n) is 18.0. The van der Waals surface area contributed by atoms with E-state index in [4.69, 9.17) is 23.2 Å². The Morgan fingerprint density at radius 2 is 1.50 bits per heavy atom. The van der Waals surface area contributed by atoms with E-state index in [1.165, 1.54) is 0 Å². The lowest BCUT2D eigenvalue weighted by Crippen LogP contribution is -2.77. The summed E-state index contributed by atoms with van der Waals surface area (Å²) in [5.74, 6) is -1.13. The topological polar surface area (TPSA) is 129 Å². The van der Waals surface area contributed by atoms with Crippen molar-refractivity contribution in [1.82, 2.24) is 0 Å². The van der Waals surface area contributed by atoms with Crippen molar-refractivity contribution in [2.24, 2.45) is 16.7 Å². The Morgan fingerprint density at radius 1 is 0.969 bits per heavy atom. The minimum Gasteiger partial charge on any atom is -0.318 e. The van der Waals surface area contributed by atoms with Gasteiger partial charge in [0.1, 0.15) is 19.2 Å². The molecule has 0 aromatic heterocycles. The van der Waals surface area contributed by atoms with Crippen LogP contribution >= 0.6 is 37.5 Å². The van der Waals surface area contributed by atoms with Crippen LogP contribution in [0.3, 0.4) is 0 Å². The molecule has 6 atom stereocenters. The fraction of sp³-hybridized carbons (Fsp3) is 0.545. The third-order valence-electron chi connectivity index (χ3n) is 8.23. The molecule has 3 aliphatic heterocycles. The van der Waals surface area contributed by atoms with Crippen molar-refractivity contribution in [3.8, 4) is 24.3 Å². The highest BCUT2D eigenvalue weighted by atomic mass is 35.5. The second-order valence-corrected chi connectivity index (χ2v) is 16.4. The van der Waals surface area contributed by atoms with Crippen LogP contribution in [0.2, 0.25) is 0 Å². The molecule has 164 valence electrons. The summed E-state index contributed by atoms with van der Waals surface area (Å²) in [6, 6.07) is 7.63. The summed E-state index contributed by atoms with van der Waals surface area (Å²) in [5.41, 5.74) is -5.15. The summed E-state index contributed by atoms with van der Waals surface area (Å²) >= 11 is 13.7.